The molecule has 0 radical (unpaired) electrons. The van der Waals surface area contributed by atoms with Crippen LogP contribution in [0, 0.1) is 5.92 Å². The Morgan fingerprint density at radius 2 is 2.03 bits per heavy atom. The Bertz CT molecular complexity index is 1100. The number of nitrogen functional groups attached to an aromatic ring is 1. The van der Waals surface area contributed by atoms with E-state index in [0.717, 1.165) is 5.69 Å². The first-order valence-electron chi connectivity index (χ1n) is 12.4. The quantitative estimate of drug-likeness (QED) is 0.276. The van der Waals surface area contributed by atoms with Gasteiger partial charge in [0.2, 0.25) is 0 Å². The smallest absolute Gasteiger partial charge is 0.401 e. The average Bonchev–Trinajstić information content (AvgIpc) is 3.29. The molecule has 2 aromatic rings. The second kappa shape index (κ2) is 13.2. The third-order valence-corrected chi connectivity index (χ3v) is 7.81. The van der Waals surface area contributed by atoms with Crippen LogP contribution < -0.4 is 10.8 Å². The lowest BCUT2D eigenvalue weighted by Gasteiger charge is -2.32. The maximum atomic E-state index is 12.5. The van der Waals surface area contributed by atoms with Crippen LogP contribution in [0.3, 0.4) is 0 Å². The lowest BCUT2D eigenvalue weighted by atomic mass is 9.98. The van der Waals surface area contributed by atoms with Crippen LogP contribution in [0.1, 0.15) is 38.8 Å². The number of likely N-dealkylation sites (tertiary alicyclic amines) is 1. The van der Waals surface area contributed by atoms with E-state index in [0.29, 0.717) is 50.1 Å². The molecule has 3 heterocycles. The van der Waals surface area contributed by atoms with Crippen molar-refractivity contribution in [3.63, 3.8) is 0 Å². The minimum Gasteiger partial charge on any atom is -0.464 e. The summed E-state index contributed by atoms with van der Waals surface area (Å²) in [6, 6.07) is 2.87. The number of piperidine rings is 1. The van der Waals surface area contributed by atoms with Crippen molar-refractivity contribution in [2.45, 2.75) is 57.3 Å². The number of ether oxygens (including phenoxy) is 2. The van der Waals surface area contributed by atoms with E-state index in [1.807, 2.05) is 19.1 Å². The number of nitrogens with zero attached hydrogens (tertiary/aromatic N) is 4. The number of rotatable bonds is 13. The summed E-state index contributed by atoms with van der Waals surface area (Å²) in [5.74, 6) is -0.222. The molecule has 1 aliphatic rings. The van der Waals surface area contributed by atoms with Crippen molar-refractivity contribution >= 4 is 25.5 Å². The molecule has 38 heavy (non-hydrogen) atoms. The number of esters is 1. The summed E-state index contributed by atoms with van der Waals surface area (Å²) in [6.07, 6.45) is -0.684. The largest absolute Gasteiger partial charge is 0.464 e. The lowest BCUT2D eigenvalue weighted by Crippen LogP contribution is -2.41. The van der Waals surface area contributed by atoms with Gasteiger partial charge in [-0.25, -0.2) is 14.6 Å². The van der Waals surface area contributed by atoms with Gasteiger partial charge in [0, 0.05) is 12.8 Å². The predicted octanol–water partition coefficient (Wildman–Crippen LogP) is 2.85. The standard InChI is InChI=1S/C23H36F3N6O5P/c1-16(21(33)36-12-17-7-10-31(11-8-17)13-23(24,25)26)30-38(34)37-14-22(2,35-3)9-6-18-4-5-19-20(27)28-15-29-32(18)19/h4-5,15-17,38H,6-14H2,1-3H3,(H,30,34)(H2,27,28,29)/t16-,22-/m0/s1. The predicted molar refractivity (Wildman–Crippen MR) is 135 cm³/mol. The van der Waals surface area contributed by atoms with Crippen LogP contribution in [0.2, 0.25) is 0 Å². The number of nitrogens with one attached hydrogen (secondary N) is 1. The van der Waals surface area contributed by atoms with Gasteiger partial charge in [-0.3, -0.25) is 14.3 Å². The highest BCUT2D eigenvalue weighted by Crippen LogP contribution is 2.27. The van der Waals surface area contributed by atoms with Crippen molar-refractivity contribution in [3.05, 3.63) is 24.2 Å². The maximum Gasteiger partial charge on any atom is 0.401 e. The van der Waals surface area contributed by atoms with E-state index >= 15 is 0 Å². The van der Waals surface area contributed by atoms with E-state index < -0.39 is 38.5 Å². The molecule has 1 aliphatic heterocycles. The van der Waals surface area contributed by atoms with E-state index in [1.165, 1.54) is 25.3 Å². The minimum absolute atomic E-state index is 0.00747. The number of aryl methyl sites for hydroxylation is 1. The van der Waals surface area contributed by atoms with E-state index in [9.17, 15) is 22.5 Å². The molecule has 0 spiro atoms. The molecule has 214 valence electrons. The summed E-state index contributed by atoms with van der Waals surface area (Å²) in [5.41, 5.74) is 6.74. The number of halogens is 3. The first kappa shape index (κ1) is 30.3. The Labute approximate surface area is 220 Å². The second-order valence-electron chi connectivity index (χ2n) is 9.83. The molecule has 0 saturated carbocycles. The van der Waals surface area contributed by atoms with Crippen LogP contribution in [0.15, 0.2) is 18.5 Å². The molecule has 3 rings (SSSR count). The van der Waals surface area contributed by atoms with Crippen molar-refractivity contribution in [1.82, 2.24) is 24.6 Å². The number of fused-ring (bicyclic) bond motifs is 1. The van der Waals surface area contributed by atoms with E-state index in [2.05, 4.69) is 15.2 Å². The van der Waals surface area contributed by atoms with Gasteiger partial charge in [-0.2, -0.15) is 18.3 Å². The van der Waals surface area contributed by atoms with Gasteiger partial charge in [-0.05, 0) is 70.7 Å². The number of carbonyl (C=O) groups excluding carboxylic acids is 1. The summed E-state index contributed by atoms with van der Waals surface area (Å²) >= 11 is 0. The molecule has 1 saturated heterocycles. The Hall–Kier alpha value is -2.25. The van der Waals surface area contributed by atoms with Crippen molar-refractivity contribution in [1.29, 1.82) is 0 Å². The highest BCUT2D eigenvalue weighted by Gasteiger charge is 2.33. The fourth-order valence-electron chi connectivity index (χ4n) is 4.21. The van der Waals surface area contributed by atoms with Crippen molar-refractivity contribution in [2.75, 3.05) is 45.7 Å². The third kappa shape index (κ3) is 8.91. The molecule has 2 aromatic heterocycles. The molecule has 0 amide bonds. The van der Waals surface area contributed by atoms with Gasteiger partial charge in [0.25, 0.3) is 8.18 Å². The van der Waals surface area contributed by atoms with Crippen LogP contribution in [-0.4, -0.2) is 83.2 Å². The van der Waals surface area contributed by atoms with Gasteiger partial charge in [0.05, 0.1) is 25.4 Å². The summed E-state index contributed by atoms with van der Waals surface area (Å²) in [4.78, 5) is 17.7. The number of methoxy groups -OCH3 is 1. The van der Waals surface area contributed by atoms with E-state index in [1.54, 1.807) is 4.52 Å². The SMILES string of the molecule is CO[C@@](C)(CCc1ccc2c(N)ncnn12)CO[PH](=O)N[C@@H](C)C(=O)OCC1CCN(CC(F)(F)F)CC1. The molecule has 15 heteroatoms. The highest BCUT2D eigenvalue weighted by molar-refractivity contribution is 7.36. The van der Waals surface area contributed by atoms with Crippen molar-refractivity contribution in [3.8, 4) is 0 Å². The molecule has 0 bridgehead atoms. The van der Waals surface area contributed by atoms with Crippen LogP contribution in [0.5, 0.6) is 0 Å². The van der Waals surface area contributed by atoms with Gasteiger partial charge >= 0.3 is 12.1 Å². The van der Waals surface area contributed by atoms with Gasteiger partial charge in [0.15, 0.2) is 5.82 Å². The van der Waals surface area contributed by atoms with Crippen molar-refractivity contribution in [2.24, 2.45) is 5.92 Å². The molecule has 0 aromatic carbocycles. The highest BCUT2D eigenvalue weighted by atomic mass is 31.1. The number of aromatic nitrogens is 3. The average molecular weight is 565 g/mol. The molecule has 11 nitrogen and oxygen atoms in total. The van der Waals surface area contributed by atoms with Crippen LogP contribution in [0.25, 0.3) is 5.52 Å². The van der Waals surface area contributed by atoms with E-state index in [-0.39, 0.29) is 19.1 Å². The topological polar surface area (TPSA) is 133 Å². The monoisotopic (exact) mass is 564 g/mol. The summed E-state index contributed by atoms with van der Waals surface area (Å²) in [6.45, 7) is 3.16. The van der Waals surface area contributed by atoms with E-state index in [4.69, 9.17) is 19.7 Å². The number of hydrogen-bond acceptors (Lipinski definition) is 9. The summed E-state index contributed by atoms with van der Waals surface area (Å²) in [5, 5.41) is 6.85. The summed E-state index contributed by atoms with van der Waals surface area (Å²) in [7, 11) is -1.25. The van der Waals surface area contributed by atoms with Gasteiger partial charge in [0.1, 0.15) is 17.9 Å². The minimum atomic E-state index is -4.22. The maximum absolute atomic E-state index is 12.5. The molecule has 3 N–H and O–H groups in total. The van der Waals surface area contributed by atoms with Gasteiger partial charge in [-0.1, -0.05) is 0 Å². The number of nitrogens with two attached hydrogens (primary N) is 1. The fourth-order valence-corrected chi connectivity index (χ4v) is 5.20. The summed E-state index contributed by atoms with van der Waals surface area (Å²) < 4.78 is 68.2. The Balaban J connectivity index is 1.38. The van der Waals surface area contributed by atoms with Crippen LogP contribution in [-0.2, 0) is 29.8 Å². The molecular weight excluding hydrogens is 528 g/mol. The lowest BCUT2D eigenvalue weighted by molar-refractivity contribution is -0.151. The first-order valence-corrected chi connectivity index (χ1v) is 13.7. The zero-order valence-electron chi connectivity index (χ0n) is 21.8. The zero-order chi connectivity index (χ0) is 27.9. The zero-order valence-corrected chi connectivity index (χ0v) is 22.8. The van der Waals surface area contributed by atoms with Crippen LogP contribution in [0.4, 0.5) is 19.0 Å². The normalized spacial score (nSPS) is 18.8. The molecule has 1 unspecified atom stereocenters. The molecule has 3 atom stereocenters. The second-order valence-corrected chi connectivity index (χ2v) is 11.0. The Morgan fingerprint density at radius 3 is 2.68 bits per heavy atom. The van der Waals surface area contributed by atoms with Gasteiger partial charge < -0.3 is 19.7 Å². The Morgan fingerprint density at radius 1 is 1.32 bits per heavy atom. The Kier molecular flexibility index (Phi) is 10.5. The fraction of sp³-hybridized carbons (Fsp3) is 0.696. The molecule has 0 aliphatic carbocycles. The number of anilines is 1. The molecular formula is C23H36F3N6O5P. The van der Waals surface area contributed by atoms with Crippen molar-refractivity contribution < 1.29 is 36.5 Å². The first-order chi connectivity index (χ1) is 17.9. The third-order valence-electron chi connectivity index (χ3n) is 6.73. The molecule has 1 fully saturated rings. The number of hydrogen-bond donors (Lipinski definition) is 2. The van der Waals surface area contributed by atoms with Gasteiger partial charge in [-0.15, -0.1) is 0 Å². The number of carbonyl (C=O) groups is 1. The number of alkyl halides is 3. The van der Waals surface area contributed by atoms with Crippen LogP contribution >= 0.6 is 8.18 Å².